The number of aromatic nitrogens is 2. The Balaban J connectivity index is 2.95. The van der Waals surface area contributed by atoms with Crippen LogP contribution in [0.4, 0.5) is 0 Å². The first-order valence-electron chi connectivity index (χ1n) is 2.98. The number of carboxylic acid groups (broad SMARTS) is 1. The predicted octanol–water partition coefficient (Wildman–Crippen LogP) is -0.553. The summed E-state index contributed by atoms with van der Waals surface area (Å²) in [5, 5.41) is 19.2. The fraction of sp³-hybridized carbons (Fsp3) is 0.167. The van der Waals surface area contributed by atoms with E-state index in [1.54, 1.807) is 6.07 Å². The minimum absolute atomic E-state index is 0.0925. The number of nitrogens with one attached hydrogen (secondary N) is 1. The van der Waals surface area contributed by atoms with Crippen LogP contribution in [0.3, 0.4) is 0 Å². The minimum Gasteiger partial charge on any atom is -0.480 e. The first-order chi connectivity index (χ1) is 5.20. The second-order valence-corrected chi connectivity index (χ2v) is 1.96. The smallest absolute Gasteiger partial charge is 0.325 e. The summed E-state index contributed by atoms with van der Waals surface area (Å²) in [6, 6.07) is 3.07. The van der Waals surface area contributed by atoms with Crippen molar-refractivity contribution in [2.45, 2.75) is 6.54 Å². The van der Waals surface area contributed by atoms with Crippen molar-refractivity contribution in [1.82, 2.24) is 9.78 Å². The summed E-state index contributed by atoms with van der Waals surface area (Å²) in [7, 11) is 0. The third-order valence-electron chi connectivity index (χ3n) is 1.11. The van der Waals surface area contributed by atoms with Crippen molar-refractivity contribution in [1.29, 1.82) is 5.41 Å². The van der Waals surface area contributed by atoms with E-state index in [2.05, 4.69) is 5.10 Å². The lowest BCUT2D eigenvalue weighted by molar-refractivity contribution is -0.138. The molecular formula is C6H7N3O2. The fourth-order valence-electron chi connectivity index (χ4n) is 0.655. The molecule has 2 N–H and O–H groups in total. The third kappa shape index (κ3) is 1.89. The van der Waals surface area contributed by atoms with E-state index in [9.17, 15) is 4.79 Å². The molecular weight excluding hydrogens is 146 g/mol. The summed E-state index contributed by atoms with van der Waals surface area (Å²) in [5.74, 6) is -0.998. The largest absolute Gasteiger partial charge is 0.480 e. The van der Waals surface area contributed by atoms with Crippen LogP contribution in [0.1, 0.15) is 0 Å². The summed E-state index contributed by atoms with van der Waals surface area (Å²) in [6.07, 6.45) is 1.45. The topological polar surface area (TPSA) is 79.0 Å². The highest BCUT2D eigenvalue weighted by Gasteiger charge is 1.97. The van der Waals surface area contributed by atoms with Gasteiger partial charge in [-0.3, -0.25) is 10.2 Å². The van der Waals surface area contributed by atoms with Crippen LogP contribution in [0.5, 0.6) is 0 Å². The number of aliphatic carboxylic acids is 1. The van der Waals surface area contributed by atoms with Gasteiger partial charge in [0, 0.05) is 6.20 Å². The average molecular weight is 153 g/mol. The number of carbonyl (C=O) groups is 1. The summed E-state index contributed by atoms with van der Waals surface area (Å²) in [6.45, 7) is -0.264. The van der Waals surface area contributed by atoms with E-state index in [1.165, 1.54) is 12.3 Å². The highest BCUT2D eigenvalue weighted by Crippen LogP contribution is 1.75. The van der Waals surface area contributed by atoms with E-state index < -0.39 is 5.97 Å². The molecule has 1 aromatic heterocycles. The quantitative estimate of drug-likeness (QED) is 0.598. The van der Waals surface area contributed by atoms with E-state index in [1.807, 2.05) is 0 Å². The highest BCUT2D eigenvalue weighted by atomic mass is 16.4. The second kappa shape index (κ2) is 2.96. The molecule has 58 valence electrons. The maximum absolute atomic E-state index is 10.2. The van der Waals surface area contributed by atoms with E-state index in [-0.39, 0.29) is 12.0 Å². The molecule has 0 radical (unpaired) electrons. The molecule has 0 atom stereocenters. The Labute approximate surface area is 62.4 Å². The van der Waals surface area contributed by atoms with Crippen LogP contribution in [-0.4, -0.2) is 20.9 Å². The van der Waals surface area contributed by atoms with Gasteiger partial charge in [0.2, 0.25) is 0 Å². The van der Waals surface area contributed by atoms with Crippen molar-refractivity contribution >= 4 is 5.97 Å². The molecule has 0 aliphatic rings. The van der Waals surface area contributed by atoms with Gasteiger partial charge in [-0.2, -0.15) is 5.10 Å². The molecule has 0 amide bonds. The van der Waals surface area contributed by atoms with Gasteiger partial charge < -0.3 is 5.11 Å². The van der Waals surface area contributed by atoms with Gasteiger partial charge in [-0.05, 0) is 12.1 Å². The minimum atomic E-state index is -0.998. The lowest BCUT2D eigenvalue weighted by atomic mass is 10.5. The summed E-state index contributed by atoms with van der Waals surface area (Å²) >= 11 is 0. The third-order valence-corrected chi connectivity index (χ3v) is 1.11. The van der Waals surface area contributed by atoms with Gasteiger partial charge in [0.05, 0.1) is 0 Å². The van der Waals surface area contributed by atoms with Gasteiger partial charge in [0.15, 0.2) is 0 Å². The lowest BCUT2D eigenvalue weighted by Gasteiger charge is -1.98. The Morgan fingerprint density at radius 2 is 2.55 bits per heavy atom. The Kier molecular flexibility index (Phi) is 2.00. The molecule has 0 spiro atoms. The molecule has 1 aromatic rings. The monoisotopic (exact) mass is 153 g/mol. The first-order valence-corrected chi connectivity index (χ1v) is 2.98. The van der Waals surface area contributed by atoms with Gasteiger partial charge >= 0.3 is 5.97 Å². The van der Waals surface area contributed by atoms with Gasteiger partial charge in [-0.25, -0.2) is 4.68 Å². The summed E-state index contributed by atoms with van der Waals surface area (Å²) in [4.78, 5) is 10.2. The van der Waals surface area contributed by atoms with E-state index in [0.717, 1.165) is 4.68 Å². The maximum Gasteiger partial charge on any atom is 0.325 e. The SMILES string of the molecule is N=c1cccnn1CC(=O)O. The number of rotatable bonds is 2. The van der Waals surface area contributed by atoms with Crippen molar-refractivity contribution in [2.75, 3.05) is 0 Å². The molecule has 11 heavy (non-hydrogen) atoms. The Morgan fingerprint density at radius 1 is 1.82 bits per heavy atom. The predicted molar refractivity (Wildman–Crippen MR) is 35.7 cm³/mol. The summed E-state index contributed by atoms with van der Waals surface area (Å²) < 4.78 is 1.10. The van der Waals surface area contributed by atoms with Crippen molar-refractivity contribution in [3.8, 4) is 0 Å². The van der Waals surface area contributed by atoms with Gasteiger partial charge in [-0.1, -0.05) is 0 Å². The zero-order valence-electron chi connectivity index (χ0n) is 5.69. The fourth-order valence-corrected chi connectivity index (χ4v) is 0.655. The van der Waals surface area contributed by atoms with E-state index in [0.29, 0.717) is 0 Å². The van der Waals surface area contributed by atoms with Crippen molar-refractivity contribution in [3.05, 3.63) is 23.8 Å². The lowest BCUT2D eigenvalue weighted by Crippen LogP contribution is -2.25. The van der Waals surface area contributed by atoms with Crippen LogP contribution in [0, 0.1) is 5.41 Å². The average Bonchev–Trinajstić information content (AvgIpc) is 1.93. The number of carboxylic acids is 1. The molecule has 1 rings (SSSR count). The zero-order chi connectivity index (χ0) is 8.27. The van der Waals surface area contributed by atoms with Crippen LogP contribution < -0.4 is 5.49 Å². The molecule has 0 saturated heterocycles. The molecule has 5 heteroatoms. The molecule has 1 heterocycles. The molecule has 0 unspecified atom stereocenters. The number of hydrogen-bond acceptors (Lipinski definition) is 3. The highest BCUT2D eigenvalue weighted by molar-refractivity contribution is 5.66. The van der Waals surface area contributed by atoms with E-state index in [4.69, 9.17) is 10.5 Å². The van der Waals surface area contributed by atoms with E-state index >= 15 is 0 Å². The molecule has 5 nitrogen and oxygen atoms in total. The molecule has 0 aliphatic heterocycles. The molecule has 0 saturated carbocycles. The Morgan fingerprint density at radius 3 is 3.09 bits per heavy atom. The van der Waals surface area contributed by atoms with Crippen LogP contribution >= 0.6 is 0 Å². The second-order valence-electron chi connectivity index (χ2n) is 1.96. The van der Waals surface area contributed by atoms with Crippen LogP contribution in [0.2, 0.25) is 0 Å². The van der Waals surface area contributed by atoms with Crippen LogP contribution in [0.15, 0.2) is 18.3 Å². The Hall–Kier alpha value is -1.65. The standard InChI is InChI=1S/C6H7N3O2/c7-5-2-1-3-8-9(5)4-6(10)11/h1-3,7H,4H2,(H,10,11). The van der Waals surface area contributed by atoms with Crippen molar-refractivity contribution < 1.29 is 9.90 Å². The number of nitrogens with zero attached hydrogens (tertiary/aromatic N) is 2. The van der Waals surface area contributed by atoms with Gasteiger partial charge in [0.1, 0.15) is 12.0 Å². The number of hydrogen-bond donors (Lipinski definition) is 2. The van der Waals surface area contributed by atoms with Crippen molar-refractivity contribution in [3.63, 3.8) is 0 Å². The van der Waals surface area contributed by atoms with Crippen molar-refractivity contribution in [2.24, 2.45) is 0 Å². The molecule has 0 aliphatic carbocycles. The summed E-state index contributed by atoms with van der Waals surface area (Å²) in [5.41, 5.74) is 0.0925. The molecule has 0 fully saturated rings. The zero-order valence-corrected chi connectivity index (χ0v) is 5.69. The maximum atomic E-state index is 10.2. The normalized spacial score (nSPS) is 9.45. The molecule has 0 bridgehead atoms. The van der Waals surface area contributed by atoms with Crippen LogP contribution in [-0.2, 0) is 11.3 Å². The first kappa shape index (κ1) is 7.46. The Bertz CT molecular complexity index is 318. The molecule has 0 aromatic carbocycles. The van der Waals surface area contributed by atoms with Gasteiger partial charge in [0.25, 0.3) is 0 Å². The van der Waals surface area contributed by atoms with Crippen LogP contribution in [0.25, 0.3) is 0 Å². The van der Waals surface area contributed by atoms with Gasteiger partial charge in [-0.15, -0.1) is 0 Å².